The Morgan fingerprint density at radius 2 is 1.57 bits per heavy atom. The lowest BCUT2D eigenvalue weighted by Gasteiger charge is -2.58. The molecule has 0 saturated heterocycles. The molecule has 0 aliphatic heterocycles. The van der Waals surface area contributed by atoms with Crippen LogP contribution >= 0.6 is 0 Å². The summed E-state index contributed by atoms with van der Waals surface area (Å²) >= 11 is 0. The van der Waals surface area contributed by atoms with Crippen LogP contribution in [0.4, 0.5) is 0 Å². The normalized spacial score (nSPS) is 37.3. The van der Waals surface area contributed by atoms with Crippen LogP contribution in [0.1, 0.15) is 106 Å². The second-order valence-electron chi connectivity index (χ2n) is 14.8. The highest BCUT2D eigenvalue weighted by molar-refractivity contribution is 6.60. The van der Waals surface area contributed by atoms with E-state index >= 15 is 0 Å². The van der Waals surface area contributed by atoms with Crippen LogP contribution < -0.4 is 5.46 Å². The fourth-order valence-electron chi connectivity index (χ4n) is 9.53. The molecule has 3 fully saturated rings. The van der Waals surface area contributed by atoms with Gasteiger partial charge in [0.1, 0.15) is 0 Å². The van der Waals surface area contributed by atoms with E-state index in [1.165, 1.54) is 5.57 Å². The van der Waals surface area contributed by atoms with Gasteiger partial charge in [-0.25, -0.2) is 0 Å². The summed E-state index contributed by atoms with van der Waals surface area (Å²) in [5, 5.41) is 42.6. The summed E-state index contributed by atoms with van der Waals surface area (Å²) in [6, 6.07) is 9.51. The minimum atomic E-state index is -1.04. The Kier molecular flexibility index (Phi) is 9.92. The number of benzene rings is 1. The van der Waals surface area contributed by atoms with E-state index in [1.54, 1.807) is 0 Å². The average molecular weight is 583 g/mol. The van der Waals surface area contributed by atoms with E-state index in [4.69, 9.17) is 4.65 Å². The van der Waals surface area contributed by atoms with Crippen LogP contribution in [0.15, 0.2) is 42.0 Å². The van der Waals surface area contributed by atoms with Crippen molar-refractivity contribution in [1.82, 2.24) is 0 Å². The van der Waals surface area contributed by atoms with E-state index in [9.17, 15) is 25.1 Å². The van der Waals surface area contributed by atoms with Crippen molar-refractivity contribution in [2.75, 3.05) is 0 Å². The Morgan fingerprint density at radius 3 is 2.21 bits per heavy atom. The zero-order valence-electron chi connectivity index (χ0n) is 27.0. The van der Waals surface area contributed by atoms with Gasteiger partial charge < -0.3 is 25.0 Å². The number of hydrogen-bond acceptors (Lipinski definition) is 6. The number of fused-ring (bicyclic) bond motifs is 5. The number of aliphatic hydroxyl groups excluding tert-OH is 2. The van der Waals surface area contributed by atoms with Gasteiger partial charge in [0.25, 0.3) is 0 Å². The number of rotatable bonds is 8. The molecule has 6 nitrogen and oxygen atoms in total. The maximum absolute atomic E-state index is 13.5. The van der Waals surface area contributed by atoms with E-state index in [0.29, 0.717) is 19.3 Å². The van der Waals surface area contributed by atoms with Crippen LogP contribution in [0.3, 0.4) is 0 Å². The van der Waals surface area contributed by atoms with Crippen LogP contribution in [0, 0.1) is 34.5 Å². The van der Waals surface area contributed by atoms with Gasteiger partial charge in [-0.15, -0.1) is 0 Å². The third-order valence-corrected chi connectivity index (χ3v) is 11.6. The zero-order chi connectivity index (χ0) is 31.1. The average Bonchev–Trinajstić information content (AvgIpc) is 3.29. The van der Waals surface area contributed by atoms with Gasteiger partial charge >= 0.3 is 7.12 Å². The molecule has 0 heterocycles. The summed E-state index contributed by atoms with van der Waals surface area (Å²) in [5.74, 6) is 0.514. The largest absolute Gasteiger partial charge is 0.491 e. The summed E-state index contributed by atoms with van der Waals surface area (Å²) < 4.78 is 6.65. The molecule has 4 N–H and O–H groups in total. The summed E-state index contributed by atoms with van der Waals surface area (Å²) in [4.78, 5) is 13.5. The van der Waals surface area contributed by atoms with Crippen LogP contribution in [-0.2, 0) is 9.45 Å². The third-order valence-electron chi connectivity index (χ3n) is 11.6. The molecule has 1 aromatic carbocycles. The van der Waals surface area contributed by atoms with Crippen molar-refractivity contribution in [3.05, 3.63) is 42.0 Å². The van der Waals surface area contributed by atoms with Crippen LogP contribution in [0.2, 0.25) is 0 Å². The van der Waals surface area contributed by atoms with E-state index in [0.717, 1.165) is 44.0 Å². The van der Waals surface area contributed by atoms with Crippen molar-refractivity contribution < 1.29 is 29.8 Å². The highest BCUT2D eigenvalue weighted by Gasteiger charge is 2.62. The van der Waals surface area contributed by atoms with Gasteiger partial charge in [0.2, 0.25) is 0 Å². The summed E-state index contributed by atoms with van der Waals surface area (Å²) in [6.07, 6.45) is 7.09. The van der Waals surface area contributed by atoms with Gasteiger partial charge in [-0.05, 0) is 119 Å². The number of hydrogen-bond donors (Lipinski definition) is 4. The van der Waals surface area contributed by atoms with E-state index < -0.39 is 30.5 Å². The van der Waals surface area contributed by atoms with Crippen molar-refractivity contribution in [3.63, 3.8) is 0 Å². The van der Waals surface area contributed by atoms with Crippen molar-refractivity contribution in [2.24, 2.45) is 34.5 Å². The molecule has 42 heavy (non-hydrogen) atoms. The molecule has 1 aromatic rings. The van der Waals surface area contributed by atoms with Crippen LogP contribution in [-0.4, -0.2) is 56.7 Å². The second-order valence-corrected chi connectivity index (χ2v) is 14.8. The Hall–Kier alpha value is -1.51. The number of carbonyl (C=O) groups is 1. The highest BCUT2D eigenvalue weighted by atomic mass is 16.5. The highest BCUT2D eigenvalue weighted by Crippen LogP contribution is 2.67. The van der Waals surface area contributed by atoms with Crippen molar-refractivity contribution in [1.29, 1.82) is 0 Å². The van der Waals surface area contributed by atoms with Gasteiger partial charge in [0, 0.05) is 5.92 Å². The number of ketones is 1. The van der Waals surface area contributed by atoms with Crippen LogP contribution in [0.25, 0.3) is 0 Å². The molecule has 9 atom stereocenters. The van der Waals surface area contributed by atoms with Gasteiger partial charge in [-0.2, -0.15) is 0 Å². The topological polar surface area (TPSA) is 107 Å². The predicted octanol–water partition coefficient (Wildman–Crippen LogP) is 5.21. The molecule has 0 bridgehead atoms. The second kappa shape index (κ2) is 12.5. The molecule has 0 spiro atoms. The fraction of sp³-hybridized carbons (Fsp3) is 0.743. The van der Waals surface area contributed by atoms with Gasteiger partial charge in [-0.1, -0.05) is 63.6 Å². The van der Waals surface area contributed by atoms with E-state index in [1.807, 2.05) is 64.1 Å². The fourth-order valence-corrected chi connectivity index (χ4v) is 9.53. The maximum atomic E-state index is 13.5. The molecule has 234 valence electrons. The maximum Gasteiger partial charge on any atom is 0.491 e. The Morgan fingerprint density at radius 1 is 0.929 bits per heavy atom. The van der Waals surface area contributed by atoms with Crippen molar-refractivity contribution in [3.8, 4) is 0 Å². The number of carbonyl (C=O) groups excluding carboxylic acids is 1. The molecule has 4 aliphatic rings. The first-order valence-electron chi connectivity index (χ1n) is 16.4. The van der Waals surface area contributed by atoms with Crippen LogP contribution in [0.5, 0.6) is 0 Å². The number of allylic oxidation sites excluding steroid dienone is 2. The molecule has 0 amide bonds. The lowest BCUT2D eigenvalue weighted by molar-refractivity contribution is -0.144. The standard InChI is InChI=1S/C33H49BO6.C2H6/c1-30(2,38)15-9-16-33(5,40-34(39)21-10-7-6-8-11-21)29-13-12-23-22-18-26(35)25-19-27(36)28(37)20-32(25,4)24(22)14-17-31(23,29)3;1-2/h6-8,10-11,18,23-25,27-29,36-39H,9,12-17,19-20H2,1-5H3;1-2H3. The monoisotopic (exact) mass is 582 g/mol. The molecule has 0 radical (unpaired) electrons. The van der Waals surface area contributed by atoms with Crippen molar-refractivity contribution in [2.45, 2.75) is 130 Å². The molecule has 9 unspecified atom stereocenters. The summed E-state index contributed by atoms with van der Waals surface area (Å²) in [7, 11) is -1.04. The SMILES string of the molecule is CC.CC(C)(O)CCCC(C)(OB(O)c1ccccc1)C1CCC2C3=CC(=O)C4CC(O)C(O)CC4(C)C3CCC21C. The lowest BCUT2D eigenvalue weighted by atomic mass is 9.47. The molecular weight excluding hydrogens is 527 g/mol. The minimum absolute atomic E-state index is 0.0987. The smallest absolute Gasteiger partial charge is 0.423 e. The van der Waals surface area contributed by atoms with Gasteiger partial charge in [-0.3, -0.25) is 4.79 Å². The Balaban J connectivity index is 0.00000198. The molecule has 3 saturated carbocycles. The Labute approximate surface area is 254 Å². The summed E-state index contributed by atoms with van der Waals surface area (Å²) in [5.41, 5.74) is 0.154. The first-order chi connectivity index (χ1) is 19.7. The molecular formula is C35H55BO6. The Bertz CT molecular complexity index is 1120. The van der Waals surface area contributed by atoms with E-state index in [2.05, 4.69) is 20.8 Å². The number of aliphatic hydroxyl groups is 3. The van der Waals surface area contributed by atoms with Gasteiger partial charge in [0.15, 0.2) is 5.78 Å². The molecule has 0 aromatic heterocycles. The predicted molar refractivity (Wildman–Crippen MR) is 168 cm³/mol. The minimum Gasteiger partial charge on any atom is -0.423 e. The lowest BCUT2D eigenvalue weighted by Crippen LogP contribution is -2.57. The third kappa shape index (κ3) is 6.19. The van der Waals surface area contributed by atoms with E-state index in [-0.39, 0.29) is 40.3 Å². The molecule has 4 aliphatic carbocycles. The first kappa shape index (κ1) is 33.4. The quantitative estimate of drug-likeness (QED) is 0.314. The molecule has 5 rings (SSSR count). The summed E-state index contributed by atoms with van der Waals surface area (Å²) in [6.45, 7) is 14.3. The van der Waals surface area contributed by atoms with Gasteiger partial charge in [0.05, 0.1) is 23.4 Å². The molecule has 7 heteroatoms. The zero-order valence-corrected chi connectivity index (χ0v) is 27.0. The van der Waals surface area contributed by atoms with Crippen molar-refractivity contribution >= 4 is 18.4 Å². The first-order valence-corrected chi connectivity index (χ1v) is 16.4.